The molecule has 0 fully saturated rings. The summed E-state index contributed by atoms with van der Waals surface area (Å²) in [5.41, 5.74) is 8.63. The van der Waals surface area contributed by atoms with Gasteiger partial charge in [-0.15, -0.1) is 5.10 Å². The van der Waals surface area contributed by atoms with Gasteiger partial charge in [-0.3, -0.25) is 0 Å². The Labute approximate surface area is 179 Å². The molecule has 3 aromatic rings. The van der Waals surface area contributed by atoms with Crippen LogP contribution in [0.5, 0.6) is 11.5 Å². The molecule has 0 saturated heterocycles. The fourth-order valence-corrected chi connectivity index (χ4v) is 3.21. The van der Waals surface area contributed by atoms with E-state index in [-0.39, 0.29) is 12.4 Å². The molecule has 2 N–H and O–H groups in total. The lowest BCUT2D eigenvalue weighted by Gasteiger charge is -2.13. The Morgan fingerprint density at radius 3 is 2.50 bits per heavy atom. The highest BCUT2D eigenvalue weighted by Gasteiger charge is 2.10. The minimum absolute atomic E-state index is 0.264. The second-order valence-corrected chi connectivity index (χ2v) is 7.25. The Balaban J connectivity index is 1.67. The number of hydrogen-bond acceptors (Lipinski definition) is 5. The molecule has 0 bridgehead atoms. The van der Waals surface area contributed by atoms with Crippen LogP contribution in [0.3, 0.4) is 0 Å². The number of amidine groups is 1. The van der Waals surface area contributed by atoms with Crippen molar-refractivity contribution in [3.63, 3.8) is 0 Å². The van der Waals surface area contributed by atoms with Crippen LogP contribution in [0.4, 0.5) is 4.39 Å². The Morgan fingerprint density at radius 1 is 1.00 bits per heavy atom. The van der Waals surface area contributed by atoms with Gasteiger partial charge in [-0.25, -0.2) is 4.39 Å². The molecule has 0 amide bonds. The van der Waals surface area contributed by atoms with Gasteiger partial charge in [-0.05, 0) is 35.4 Å². The van der Waals surface area contributed by atoms with Crippen LogP contribution in [0, 0.1) is 5.82 Å². The molecule has 0 aliphatic carbocycles. The molecule has 0 spiro atoms. The fraction of sp³-hybridized carbons (Fsp3) is 0.130. The van der Waals surface area contributed by atoms with E-state index in [1.54, 1.807) is 31.5 Å². The highest BCUT2D eigenvalue weighted by molar-refractivity contribution is 8.13. The van der Waals surface area contributed by atoms with Crippen molar-refractivity contribution in [2.45, 2.75) is 12.4 Å². The Morgan fingerprint density at radius 2 is 1.77 bits per heavy atom. The van der Waals surface area contributed by atoms with Crippen molar-refractivity contribution in [2.24, 2.45) is 15.9 Å². The minimum atomic E-state index is -0.288. The maximum atomic E-state index is 13.1. The van der Waals surface area contributed by atoms with Crippen molar-refractivity contribution in [3.05, 3.63) is 95.3 Å². The highest BCUT2D eigenvalue weighted by Crippen LogP contribution is 2.31. The van der Waals surface area contributed by atoms with E-state index >= 15 is 0 Å². The number of benzene rings is 3. The third-order valence-corrected chi connectivity index (χ3v) is 4.96. The van der Waals surface area contributed by atoms with Crippen molar-refractivity contribution >= 4 is 23.1 Å². The molecule has 3 rings (SSSR count). The number of methoxy groups -OCH3 is 1. The summed E-state index contributed by atoms with van der Waals surface area (Å²) in [7, 11) is 1.57. The van der Waals surface area contributed by atoms with Gasteiger partial charge in [-0.2, -0.15) is 5.10 Å². The number of ether oxygens (including phenoxy) is 2. The van der Waals surface area contributed by atoms with Gasteiger partial charge in [-0.1, -0.05) is 60.3 Å². The number of para-hydroxylation sites is 1. The number of halogens is 1. The standard InChI is InChI=1S/C23H22FN3O2S/c1-28-21-9-5-8-19(22(21)29-15-17-10-12-20(24)13-11-17)14-26-27-23(25)30-16-18-6-3-2-4-7-18/h2-14H,15-16H2,1H3,(H2,25,27). The van der Waals surface area contributed by atoms with Gasteiger partial charge >= 0.3 is 0 Å². The molecule has 0 saturated carbocycles. The van der Waals surface area contributed by atoms with Gasteiger partial charge in [0.25, 0.3) is 0 Å². The Bertz CT molecular complexity index is 1010. The zero-order chi connectivity index (χ0) is 21.2. The summed E-state index contributed by atoms with van der Waals surface area (Å²) in [6, 6.07) is 21.6. The molecule has 154 valence electrons. The van der Waals surface area contributed by atoms with E-state index in [1.807, 2.05) is 42.5 Å². The van der Waals surface area contributed by atoms with Gasteiger partial charge in [0, 0.05) is 11.3 Å². The molecule has 0 heterocycles. The van der Waals surface area contributed by atoms with Crippen molar-refractivity contribution in [3.8, 4) is 11.5 Å². The van der Waals surface area contributed by atoms with Crippen LogP contribution in [0.15, 0.2) is 83.0 Å². The molecular formula is C23H22FN3O2S. The molecule has 30 heavy (non-hydrogen) atoms. The van der Waals surface area contributed by atoms with Crippen molar-refractivity contribution in [1.29, 1.82) is 0 Å². The lowest BCUT2D eigenvalue weighted by atomic mass is 10.2. The number of nitrogens with two attached hydrogens (primary N) is 1. The second-order valence-electron chi connectivity index (χ2n) is 6.25. The smallest absolute Gasteiger partial charge is 0.180 e. The van der Waals surface area contributed by atoms with E-state index in [2.05, 4.69) is 10.2 Å². The Kier molecular flexibility index (Phi) is 7.86. The van der Waals surface area contributed by atoms with Gasteiger partial charge in [0.1, 0.15) is 12.4 Å². The van der Waals surface area contributed by atoms with Gasteiger partial charge in [0.2, 0.25) is 0 Å². The highest BCUT2D eigenvalue weighted by atomic mass is 32.2. The number of thioether (sulfide) groups is 1. The topological polar surface area (TPSA) is 69.2 Å². The maximum absolute atomic E-state index is 13.1. The number of hydrogen-bond donors (Lipinski definition) is 1. The van der Waals surface area contributed by atoms with Crippen LogP contribution in [0.2, 0.25) is 0 Å². The first-order valence-corrected chi connectivity index (χ1v) is 10.2. The first-order valence-electron chi connectivity index (χ1n) is 9.23. The predicted octanol–water partition coefficient (Wildman–Crippen LogP) is 5.00. The van der Waals surface area contributed by atoms with Crippen LogP contribution in [-0.4, -0.2) is 18.5 Å². The first kappa shape index (κ1) is 21.4. The molecule has 0 aliphatic rings. The Hall–Kier alpha value is -3.32. The summed E-state index contributed by atoms with van der Waals surface area (Å²) in [6.45, 7) is 0.264. The molecule has 0 radical (unpaired) electrons. The van der Waals surface area contributed by atoms with Crippen LogP contribution < -0.4 is 15.2 Å². The molecule has 7 heteroatoms. The SMILES string of the molecule is COc1cccc(C=NN=C(N)SCc2ccccc2)c1OCc1ccc(F)cc1. The zero-order valence-corrected chi connectivity index (χ0v) is 17.3. The van der Waals surface area contributed by atoms with E-state index < -0.39 is 0 Å². The summed E-state index contributed by atoms with van der Waals surface area (Å²) in [4.78, 5) is 0. The van der Waals surface area contributed by atoms with Crippen LogP contribution in [0.25, 0.3) is 0 Å². The molecule has 0 unspecified atom stereocenters. The van der Waals surface area contributed by atoms with E-state index in [4.69, 9.17) is 15.2 Å². The number of rotatable bonds is 8. The third-order valence-electron chi connectivity index (χ3n) is 4.11. The molecule has 0 atom stereocenters. The fourth-order valence-electron chi connectivity index (χ4n) is 2.59. The largest absolute Gasteiger partial charge is 0.493 e. The van der Waals surface area contributed by atoms with Gasteiger partial charge < -0.3 is 15.2 Å². The normalized spacial score (nSPS) is 11.6. The summed E-state index contributed by atoms with van der Waals surface area (Å²) in [6.07, 6.45) is 1.57. The predicted molar refractivity (Wildman–Crippen MR) is 121 cm³/mol. The van der Waals surface area contributed by atoms with Crippen molar-refractivity contribution in [2.75, 3.05) is 7.11 Å². The van der Waals surface area contributed by atoms with E-state index in [9.17, 15) is 4.39 Å². The average Bonchev–Trinajstić information content (AvgIpc) is 2.78. The van der Waals surface area contributed by atoms with Crippen molar-refractivity contribution < 1.29 is 13.9 Å². The summed E-state index contributed by atoms with van der Waals surface area (Å²) in [5, 5.41) is 8.50. The quantitative estimate of drug-likeness (QED) is 0.315. The van der Waals surface area contributed by atoms with E-state index in [0.717, 1.165) is 16.9 Å². The van der Waals surface area contributed by atoms with Crippen LogP contribution in [0.1, 0.15) is 16.7 Å². The average molecular weight is 424 g/mol. The molecule has 0 aliphatic heterocycles. The zero-order valence-electron chi connectivity index (χ0n) is 16.5. The first-order chi connectivity index (χ1) is 14.7. The van der Waals surface area contributed by atoms with Crippen LogP contribution >= 0.6 is 11.8 Å². The molecule has 3 aromatic carbocycles. The summed E-state index contributed by atoms with van der Waals surface area (Å²) < 4.78 is 24.4. The van der Waals surface area contributed by atoms with E-state index in [0.29, 0.717) is 22.2 Å². The molecule has 0 aromatic heterocycles. The lowest BCUT2D eigenvalue weighted by Crippen LogP contribution is -2.06. The summed E-state index contributed by atoms with van der Waals surface area (Å²) in [5.74, 6) is 1.52. The van der Waals surface area contributed by atoms with Gasteiger partial charge in [0.05, 0.1) is 13.3 Å². The number of nitrogens with zero attached hydrogens (tertiary/aromatic N) is 2. The molecular weight excluding hydrogens is 401 g/mol. The van der Waals surface area contributed by atoms with Crippen molar-refractivity contribution in [1.82, 2.24) is 0 Å². The van der Waals surface area contributed by atoms with Gasteiger partial charge in [0.15, 0.2) is 16.7 Å². The maximum Gasteiger partial charge on any atom is 0.180 e. The van der Waals surface area contributed by atoms with E-state index in [1.165, 1.54) is 23.9 Å². The summed E-state index contributed by atoms with van der Waals surface area (Å²) >= 11 is 1.41. The minimum Gasteiger partial charge on any atom is -0.493 e. The van der Waals surface area contributed by atoms with Crippen LogP contribution in [-0.2, 0) is 12.4 Å². The second kappa shape index (κ2) is 11.0. The monoisotopic (exact) mass is 423 g/mol. The third kappa shape index (κ3) is 6.35. The molecule has 5 nitrogen and oxygen atoms in total. The lowest BCUT2D eigenvalue weighted by molar-refractivity contribution is 0.284.